The van der Waals surface area contributed by atoms with Crippen LogP contribution in [0.25, 0.3) is 0 Å². The van der Waals surface area contributed by atoms with Crippen molar-refractivity contribution < 1.29 is 25.6 Å². The number of guanidine groups is 1. The van der Waals surface area contributed by atoms with Gasteiger partial charge in [0.1, 0.15) is 16.5 Å². The number of benzene rings is 3. The first-order valence-electron chi connectivity index (χ1n) is 11.1. The predicted octanol–water partition coefficient (Wildman–Crippen LogP) is 3.04. The van der Waals surface area contributed by atoms with Gasteiger partial charge in [-0.3, -0.25) is 0 Å². The quantitative estimate of drug-likeness (QED) is 0.327. The Morgan fingerprint density at radius 2 is 1.74 bits per heavy atom. The Hall–Kier alpha value is -3.39. The van der Waals surface area contributed by atoms with E-state index in [0.717, 1.165) is 17.7 Å². The molecule has 4 rings (SSSR count). The molecule has 1 aliphatic rings. The number of hydrogen-bond acceptors (Lipinski definition) is 6. The van der Waals surface area contributed by atoms with Gasteiger partial charge < -0.3 is 0 Å². The number of nitrogens with one attached hydrogen (secondary N) is 1. The third-order valence-corrected chi connectivity index (χ3v) is 7.91. The summed E-state index contributed by atoms with van der Waals surface area (Å²) in [4.78, 5) is 3.27. The SMILES string of the molecule is NS(=O)(=O)CCN=C(NS(=O)(=O)c1ccc(F)cc1F)N1C[C@@H](c2ccccc2)C(c2ccc(Cl)cc2)=N1. The number of rotatable bonds is 7. The molecule has 0 aromatic heterocycles. The minimum atomic E-state index is -4.61. The molecule has 38 heavy (non-hydrogen) atoms. The normalized spacial score (nSPS) is 16.4. The fourth-order valence-corrected chi connectivity index (χ4v) is 5.33. The number of primary sulfonamides is 1. The van der Waals surface area contributed by atoms with Gasteiger partial charge in [0, 0.05) is 17.0 Å². The van der Waals surface area contributed by atoms with Crippen LogP contribution in [-0.2, 0) is 20.0 Å². The first-order chi connectivity index (χ1) is 17.9. The molecule has 3 aromatic rings. The van der Waals surface area contributed by atoms with E-state index in [1.165, 1.54) is 5.01 Å². The van der Waals surface area contributed by atoms with Gasteiger partial charge in [0.2, 0.25) is 16.0 Å². The Morgan fingerprint density at radius 1 is 1.05 bits per heavy atom. The average molecular weight is 582 g/mol. The number of aliphatic imine (C=N–C) groups is 1. The molecule has 3 N–H and O–H groups in total. The fourth-order valence-electron chi connectivity index (χ4n) is 3.78. The monoisotopic (exact) mass is 581 g/mol. The van der Waals surface area contributed by atoms with Gasteiger partial charge in [-0.2, -0.15) is 5.10 Å². The zero-order valence-electron chi connectivity index (χ0n) is 19.6. The molecule has 1 atom stereocenters. The minimum absolute atomic E-state index is 0.116. The molecule has 0 spiro atoms. The Bertz CT molecular complexity index is 1600. The highest BCUT2D eigenvalue weighted by atomic mass is 35.5. The molecule has 0 saturated heterocycles. The van der Waals surface area contributed by atoms with Crippen LogP contribution < -0.4 is 9.86 Å². The molecule has 0 radical (unpaired) electrons. The summed E-state index contributed by atoms with van der Waals surface area (Å²) in [7, 11) is -8.53. The molecule has 0 fully saturated rings. The van der Waals surface area contributed by atoms with Gasteiger partial charge in [0.25, 0.3) is 10.0 Å². The van der Waals surface area contributed by atoms with Crippen molar-refractivity contribution in [3.63, 3.8) is 0 Å². The highest BCUT2D eigenvalue weighted by molar-refractivity contribution is 7.90. The Balaban J connectivity index is 1.75. The first kappa shape index (κ1) is 27.6. The maximum Gasteiger partial charge on any atom is 0.267 e. The predicted molar refractivity (Wildman–Crippen MR) is 141 cm³/mol. The largest absolute Gasteiger partial charge is 0.267 e. The van der Waals surface area contributed by atoms with Crippen LogP contribution in [0.4, 0.5) is 8.78 Å². The van der Waals surface area contributed by atoms with Gasteiger partial charge in [-0.15, -0.1) is 0 Å². The van der Waals surface area contributed by atoms with E-state index in [2.05, 4.69) is 14.8 Å². The van der Waals surface area contributed by atoms with Gasteiger partial charge in [-0.25, -0.2) is 45.5 Å². The van der Waals surface area contributed by atoms with E-state index in [9.17, 15) is 25.6 Å². The molecule has 200 valence electrons. The van der Waals surface area contributed by atoms with Gasteiger partial charge in [-0.1, -0.05) is 54.1 Å². The summed E-state index contributed by atoms with van der Waals surface area (Å²) in [5, 5.41) is 11.4. The van der Waals surface area contributed by atoms with Crippen molar-refractivity contribution in [2.75, 3.05) is 18.8 Å². The zero-order valence-corrected chi connectivity index (χ0v) is 22.0. The lowest BCUT2D eigenvalue weighted by Crippen LogP contribution is -2.42. The van der Waals surface area contributed by atoms with Crippen LogP contribution in [0.15, 0.2) is 87.8 Å². The summed E-state index contributed by atoms with van der Waals surface area (Å²) in [6, 6.07) is 18.2. The molecule has 1 aliphatic heterocycles. The molecule has 0 aliphatic carbocycles. The van der Waals surface area contributed by atoms with Crippen molar-refractivity contribution in [3.05, 3.63) is 101 Å². The zero-order chi connectivity index (χ0) is 27.5. The van der Waals surface area contributed by atoms with Crippen LogP contribution in [-0.4, -0.2) is 52.4 Å². The molecular weight excluding hydrogens is 560 g/mol. The van der Waals surface area contributed by atoms with Crippen molar-refractivity contribution in [2.24, 2.45) is 15.2 Å². The molecule has 1 heterocycles. The summed E-state index contributed by atoms with van der Waals surface area (Å²) in [5.41, 5.74) is 2.15. The number of hydrazone groups is 1. The summed E-state index contributed by atoms with van der Waals surface area (Å²) < 4.78 is 78.9. The molecule has 0 saturated carbocycles. The van der Waals surface area contributed by atoms with Gasteiger partial charge >= 0.3 is 0 Å². The smallest absolute Gasteiger partial charge is 0.250 e. The molecule has 9 nitrogen and oxygen atoms in total. The third kappa shape index (κ3) is 6.72. The highest BCUT2D eigenvalue weighted by Gasteiger charge is 2.33. The van der Waals surface area contributed by atoms with E-state index >= 15 is 0 Å². The number of halogens is 3. The lowest BCUT2D eigenvalue weighted by molar-refractivity contribution is 0.460. The second kappa shape index (κ2) is 11.2. The summed E-state index contributed by atoms with van der Waals surface area (Å²) in [5.74, 6) is -3.54. The fraction of sp³-hybridized carbons (Fsp3) is 0.167. The van der Waals surface area contributed by atoms with Crippen LogP contribution in [0, 0.1) is 11.6 Å². The van der Waals surface area contributed by atoms with E-state index in [1.54, 1.807) is 24.3 Å². The van der Waals surface area contributed by atoms with Crippen LogP contribution in [0.3, 0.4) is 0 Å². The lowest BCUT2D eigenvalue weighted by atomic mass is 9.91. The van der Waals surface area contributed by atoms with Crippen molar-refractivity contribution in [1.82, 2.24) is 9.73 Å². The maximum absolute atomic E-state index is 14.3. The van der Waals surface area contributed by atoms with Crippen LogP contribution >= 0.6 is 11.6 Å². The standard InChI is InChI=1S/C24H22ClF2N5O4S2/c25-18-8-6-17(7-9-18)23-20(16-4-2-1-3-5-16)15-32(30-23)24(29-12-13-37(28,33)34)31-38(35,36)22-11-10-19(26)14-21(22)27/h1-11,14,20H,12-13,15H2,(H,29,31)(H2,28,33,34)/t20-/m0/s1. The second-order valence-corrected chi connectivity index (χ2v) is 12.1. The molecule has 0 unspecified atom stereocenters. The van der Waals surface area contributed by atoms with Crippen molar-refractivity contribution in [1.29, 1.82) is 0 Å². The van der Waals surface area contributed by atoms with Crippen LogP contribution in [0.5, 0.6) is 0 Å². The van der Waals surface area contributed by atoms with Crippen molar-refractivity contribution in [3.8, 4) is 0 Å². The molecule has 14 heteroatoms. The Kier molecular flexibility index (Phi) is 8.11. The molecule has 0 amide bonds. The van der Waals surface area contributed by atoms with E-state index < -0.39 is 48.9 Å². The molecule has 0 bridgehead atoms. The number of hydrogen-bond donors (Lipinski definition) is 2. The van der Waals surface area contributed by atoms with E-state index in [-0.39, 0.29) is 18.4 Å². The lowest BCUT2D eigenvalue weighted by Gasteiger charge is -2.20. The third-order valence-electron chi connectivity index (χ3n) is 5.55. The van der Waals surface area contributed by atoms with E-state index in [4.69, 9.17) is 16.7 Å². The highest BCUT2D eigenvalue weighted by Crippen LogP contribution is 2.29. The molecular formula is C24H22ClF2N5O4S2. The Labute approximate surface area is 223 Å². The van der Waals surface area contributed by atoms with Gasteiger partial charge in [0.05, 0.1) is 24.6 Å². The topological polar surface area (TPSA) is 134 Å². The maximum atomic E-state index is 14.3. The minimum Gasteiger partial charge on any atom is -0.250 e. The summed E-state index contributed by atoms with van der Waals surface area (Å²) >= 11 is 6.04. The van der Waals surface area contributed by atoms with Crippen molar-refractivity contribution >= 4 is 43.3 Å². The average Bonchev–Trinajstić information content (AvgIpc) is 3.29. The Morgan fingerprint density at radius 3 is 2.37 bits per heavy atom. The van der Waals surface area contributed by atoms with Gasteiger partial charge in [0.15, 0.2) is 0 Å². The molecule has 3 aromatic carbocycles. The summed E-state index contributed by atoms with van der Waals surface area (Å²) in [6.45, 7) is -0.286. The number of nitrogens with two attached hydrogens (primary N) is 1. The second-order valence-electron chi connectivity index (χ2n) is 8.29. The number of sulfonamides is 2. The van der Waals surface area contributed by atoms with Crippen molar-refractivity contribution in [2.45, 2.75) is 10.8 Å². The van der Waals surface area contributed by atoms with Crippen LogP contribution in [0.2, 0.25) is 5.02 Å². The van der Waals surface area contributed by atoms with Gasteiger partial charge in [-0.05, 0) is 35.4 Å². The first-order valence-corrected chi connectivity index (χ1v) is 14.7. The summed E-state index contributed by atoms with van der Waals surface area (Å²) in [6.07, 6.45) is 0. The number of nitrogens with zero attached hydrogens (tertiary/aromatic N) is 3. The van der Waals surface area contributed by atoms with E-state index in [0.29, 0.717) is 22.4 Å². The van der Waals surface area contributed by atoms with Crippen LogP contribution in [0.1, 0.15) is 17.0 Å². The van der Waals surface area contributed by atoms with E-state index in [1.807, 2.05) is 30.3 Å².